The summed E-state index contributed by atoms with van der Waals surface area (Å²) < 4.78 is 9.97. The van der Waals surface area contributed by atoms with Gasteiger partial charge in [-0.1, -0.05) is 106 Å². The van der Waals surface area contributed by atoms with Gasteiger partial charge in [0.2, 0.25) is 5.95 Å². The molecule has 0 aliphatic heterocycles. The summed E-state index contributed by atoms with van der Waals surface area (Å²) in [7, 11) is 68.3. The number of rotatable bonds is 4. The monoisotopic (exact) mass is 753 g/mol. The van der Waals surface area contributed by atoms with Gasteiger partial charge in [0.25, 0.3) is 0 Å². The van der Waals surface area contributed by atoms with Crippen LogP contribution < -0.4 is 54.6 Å². The van der Waals surface area contributed by atoms with Crippen molar-refractivity contribution in [2.45, 2.75) is 0 Å². The fraction of sp³-hybridized carbons (Fsp3) is 0. The van der Waals surface area contributed by atoms with E-state index in [2.05, 4.69) is 0 Å². The van der Waals surface area contributed by atoms with Crippen LogP contribution in [0, 0.1) is 0 Å². The SMILES string of the molecule is [B]c1c([B])c([B])c2c(c1[B])c1c([B])c([B])c3c4c([B])c([B])c([B])c([B])c4n(-c4nc(-c5ccccc5)nc(-c5ccc6c(c5)oc5ccccc56)n4)c3c1n2-c1ccccc1. The quantitative estimate of drug-likeness (QED) is 0.222. The van der Waals surface area contributed by atoms with E-state index in [1.54, 1.807) is 4.57 Å². The number of furan rings is 1. The molecule has 16 heteroatoms. The van der Waals surface area contributed by atoms with Gasteiger partial charge in [0.15, 0.2) is 11.6 Å². The van der Waals surface area contributed by atoms with Crippen molar-refractivity contribution in [3.8, 4) is 34.4 Å². The van der Waals surface area contributed by atoms with Crippen LogP contribution in [0.4, 0.5) is 0 Å². The molecule has 11 rings (SSSR count). The van der Waals surface area contributed by atoms with Crippen LogP contribution in [0.3, 0.4) is 0 Å². The highest BCUT2D eigenvalue weighted by Gasteiger charge is 2.29. The Morgan fingerprint density at radius 3 is 1.44 bits per heavy atom. The lowest BCUT2D eigenvalue weighted by molar-refractivity contribution is 0.669. The first-order chi connectivity index (χ1) is 29.5. The van der Waals surface area contributed by atoms with Crippen LogP contribution in [-0.4, -0.2) is 103 Å². The van der Waals surface area contributed by atoms with Crippen LogP contribution in [0.5, 0.6) is 0 Å². The molecule has 0 unspecified atom stereocenters. The summed E-state index contributed by atoms with van der Waals surface area (Å²) in [5.74, 6) is 0.820. The molecule has 7 aromatic carbocycles. The number of fused-ring (bicyclic) bond motifs is 10. The third-order valence-corrected chi connectivity index (χ3v) is 11.7. The molecule has 0 aliphatic carbocycles. The standard InChI is InChI=1S/C45H17B10N5O/c46-29-27-25-31(48)33(50)35(52)37(54)39(25)59(20-11-5-2-6-12-20)41(27)42-28(30(29)47)26-32(49)34(51)36(53)38(55)40(26)60(42)45-57-43(18-9-3-1-4-10-18)56-44(58-45)19-15-16-22-21-13-7-8-14-23(21)61-24(22)17-19/h1-17H. The van der Waals surface area contributed by atoms with Crippen molar-refractivity contribution in [1.82, 2.24) is 24.1 Å². The van der Waals surface area contributed by atoms with Gasteiger partial charge in [0, 0.05) is 49.4 Å². The second kappa shape index (κ2) is 13.6. The van der Waals surface area contributed by atoms with Gasteiger partial charge < -0.3 is 8.98 Å². The number of benzene rings is 7. The van der Waals surface area contributed by atoms with E-state index in [1.807, 2.05) is 108 Å². The van der Waals surface area contributed by atoms with E-state index in [9.17, 15) is 0 Å². The summed E-state index contributed by atoms with van der Waals surface area (Å²) in [5.41, 5.74) is 6.38. The van der Waals surface area contributed by atoms with Crippen LogP contribution in [0.15, 0.2) is 108 Å². The third kappa shape index (κ3) is 5.20. The van der Waals surface area contributed by atoms with Crippen molar-refractivity contribution in [3.63, 3.8) is 0 Å². The number of aromatic nitrogens is 5. The van der Waals surface area contributed by atoms with Crippen LogP contribution in [-0.2, 0) is 0 Å². The first kappa shape index (κ1) is 37.6. The summed E-state index contributed by atoms with van der Waals surface area (Å²) in [5, 5.41) is 3.59. The van der Waals surface area contributed by atoms with Crippen LogP contribution in [0.1, 0.15) is 0 Å². The molecule has 0 saturated heterocycles. The Hall–Kier alpha value is -6.40. The largest absolute Gasteiger partial charge is 0.456 e. The molecule has 0 fully saturated rings. The summed E-state index contributed by atoms with van der Waals surface area (Å²) in [6.07, 6.45) is 0. The lowest BCUT2D eigenvalue weighted by Gasteiger charge is -2.17. The minimum Gasteiger partial charge on any atom is -0.456 e. The number of hydrogen-bond donors (Lipinski definition) is 0. The normalized spacial score (nSPS) is 11.9. The second-order valence-corrected chi connectivity index (χ2v) is 15.0. The smallest absolute Gasteiger partial charge is 0.238 e. The average molecular weight is 752 g/mol. The Bertz CT molecular complexity index is 3720. The van der Waals surface area contributed by atoms with Gasteiger partial charge >= 0.3 is 0 Å². The molecule has 4 heterocycles. The van der Waals surface area contributed by atoms with E-state index >= 15 is 0 Å². The van der Waals surface area contributed by atoms with Crippen LogP contribution >= 0.6 is 0 Å². The highest BCUT2D eigenvalue weighted by atomic mass is 16.3. The zero-order chi connectivity index (χ0) is 42.2. The Morgan fingerprint density at radius 2 is 0.820 bits per heavy atom. The van der Waals surface area contributed by atoms with Crippen molar-refractivity contribution in [1.29, 1.82) is 0 Å². The van der Waals surface area contributed by atoms with E-state index in [-0.39, 0.29) is 60.6 Å². The van der Waals surface area contributed by atoms with Crippen molar-refractivity contribution >= 4 is 199 Å². The maximum absolute atomic E-state index is 7.16. The lowest BCUT2D eigenvalue weighted by Crippen LogP contribution is -2.48. The molecule has 0 atom stereocenters. The number of hydrogen-bond acceptors (Lipinski definition) is 4. The van der Waals surface area contributed by atoms with Gasteiger partial charge in [-0.25, -0.2) is 4.98 Å². The fourth-order valence-corrected chi connectivity index (χ4v) is 8.74. The highest BCUT2D eigenvalue weighted by Crippen LogP contribution is 2.39. The lowest BCUT2D eigenvalue weighted by atomic mass is 9.64. The van der Waals surface area contributed by atoms with Gasteiger partial charge in [-0.15, -0.1) is 21.9 Å². The molecule has 0 N–H and O–H groups in total. The zero-order valence-corrected chi connectivity index (χ0v) is 32.2. The number of nitrogens with zero attached hydrogens (tertiary/aromatic N) is 5. The Morgan fingerprint density at radius 1 is 0.361 bits per heavy atom. The third-order valence-electron chi connectivity index (χ3n) is 11.7. The molecule has 4 aromatic heterocycles. The van der Waals surface area contributed by atoms with Gasteiger partial charge in [-0.05, 0) is 41.1 Å². The Kier molecular flexibility index (Phi) is 8.35. The second-order valence-electron chi connectivity index (χ2n) is 15.0. The molecular formula is C45H17B10N5O. The predicted octanol–water partition coefficient (Wildman–Crippen LogP) is -0.763. The summed E-state index contributed by atoms with van der Waals surface area (Å²) >= 11 is 0. The molecule has 6 nitrogen and oxygen atoms in total. The Balaban J connectivity index is 1.38. The molecule has 0 amide bonds. The average Bonchev–Trinajstić information content (AvgIpc) is 3.97. The highest BCUT2D eigenvalue weighted by molar-refractivity contribution is 6.71. The topological polar surface area (TPSA) is 61.7 Å². The summed E-state index contributed by atoms with van der Waals surface area (Å²) in [6.45, 7) is 0. The molecule has 0 aliphatic rings. The van der Waals surface area contributed by atoms with E-state index in [0.29, 0.717) is 77.7 Å². The summed E-state index contributed by atoms with van der Waals surface area (Å²) in [4.78, 5) is 15.4. The van der Waals surface area contributed by atoms with Crippen molar-refractivity contribution in [3.05, 3.63) is 103 Å². The van der Waals surface area contributed by atoms with Crippen molar-refractivity contribution < 1.29 is 4.42 Å². The van der Waals surface area contributed by atoms with Crippen molar-refractivity contribution in [2.75, 3.05) is 0 Å². The fourth-order valence-electron chi connectivity index (χ4n) is 8.74. The molecule has 0 bridgehead atoms. The minimum atomic E-state index is 0.0578. The van der Waals surface area contributed by atoms with Gasteiger partial charge in [0.05, 0.1) is 11.0 Å². The molecular weight excluding hydrogens is 735 g/mol. The first-order valence-corrected chi connectivity index (χ1v) is 19.1. The van der Waals surface area contributed by atoms with E-state index in [0.717, 1.165) is 16.4 Å². The van der Waals surface area contributed by atoms with E-state index < -0.39 is 0 Å². The molecule has 0 spiro atoms. The van der Waals surface area contributed by atoms with E-state index in [4.69, 9.17) is 97.8 Å². The van der Waals surface area contributed by atoms with E-state index in [1.165, 1.54) is 0 Å². The minimum absolute atomic E-state index is 0.0578. The Labute approximate surface area is 363 Å². The van der Waals surface area contributed by atoms with Crippen LogP contribution in [0.25, 0.3) is 100.0 Å². The van der Waals surface area contributed by atoms with Gasteiger partial charge in [-0.2, -0.15) is 9.97 Å². The zero-order valence-electron chi connectivity index (χ0n) is 32.2. The van der Waals surface area contributed by atoms with Gasteiger partial charge in [0.1, 0.15) is 89.6 Å². The van der Waals surface area contributed by atoms with Gasteiger partial charge in [-0.3, -0.25) is 4.57 Å². The molecule has 20 radical (unpaired) electrons. The molecule has 61 heavy (non-hydrogen) atoms. The molecule has 258 valence electrons. The molecule has 0 saturated carbocycles. The maximum atomic E-state index is 7.16. The maximum Gasteiger partial charge on any atom is 0.238 e. The summed E-state index contributed by atoms with van der Waals surface area (Å²) in [6, 6.07) is 32.7. The first-order valence-electron chi connectivity index (χ1n) is 19.1. The number of para-hydroxylation sites is 2. The molecule has 11 aromatic rings. The van der Waals surface area contributed by atoms with Crippen molar-refractivity contribution in [2.24, 2.45) is 0 Å². The predicted molar refractivity (Wildman–Crippen MR) is 261 cm³/mol. The van der Waals surface area contributed by atoms with Crippen LogP contribution in [0.2, 0.25) is 0 Å².